The van der Waals surface area contributed by atoms with Gasteiger partial charge in [-0.25, -0.2) is 4.98 Å². The van der Waals surface area contributed by atoms with Crippen LogP contribution >= 0.6 is 0 Å². The van der Waals surface area contributed by atoms with Crippen LogP contribution in [0.4, 0.5) is 17.1 Å². The second-order valence-corrected chi connectivity index (χ2v) is 13.2. The second-order valence-electron chi connectivity index (χ2n) is 13.2. The second kappa shape index (κ2) is 10.4. The van der Waals surface area contributed by atoms with Crippen molar-refractivity contribution in [3.63, 3.8) is 0 Å². The van der Waals surface area contributed by atoms with Crippen molar-refractivity contribution in [2.24, 2.45) is 0 Å². The zero-order chi connectivity index (χ0) is 32.8. The lowest BCUT2D eigenvalue weighted by atomic mass is 9.89. The molecule has 0 unspecified atom stereocenters. The van der Waals surface area contributed by atoms with Crippen molar-refractivity contribution in [3.8, 4) is 28.2 Å². The molecular formula is C47H29N3. The van der Waals surface area contributed by atoms with Crippen molar-refractivity contribution in [2.45, 2.75) is 0 Å². The fraction of sp³-hybridized carbons (Fsp3) is 0. The maximum atomic E-state index is 5.33. The molecule has 0 amide bonds. The van der Waals surface area contributed by atoms with Crippen molar-refractivity contribution in [1.29, 1.82) is 0 Å². The Balaban J connectivity index is 1.23. The van der Waals surface area contributed by atoms with Crippen molar-refractivity contribution in [1.82, 2.24) is 9.55 Å². The average molecular weight is 636 g/mol. The molecule has 0 aliphatic carbocycles. The summed E-state index contributed by atoms with van der Waals surface area (Å²) in [5.41, 5.74) is 10.2. The van der Waals surface area contributed by atoms with E-state index in [0.717, 1.165) is 39.5 Å². The molecule has 3 nitrogen and oxygen atoms in total. The number of hydrogen-bond acceptors (Lipinski definition) is 2. The largest absolute Gasteiger partial charge is 0.305 e. The van der Waals surface area contributed by atoms with Crippen molar-refractivity contribution < 1.29 is 0 Å². The summed E-state index contributed by atoms with van der Waals surface area (Å²) in [7, 11) is 0. The SMILES string of the molecule is c1ccc2c(c1)N(c1c3ccccc3c(-c3ccc4ccccc4c3)c3ccccc13)c1cccc3nc(-c4ccc5ccccc5c4)n-2c13. The first-order valence-corrected chi connectivity index (χ1v) is 17.1. The lowest BCUT2D eigenvalue weighted by Gasteiger charge is -2.35. The number of benzene rings is 9. The van der Waals surface area contributed by atoms with E-state index in [0.29, 0.717) is 0 Å². The number of anilines is 3. The van der Waals surface area contributed by atoms with Gasteiger partial charge in [-0.1, -0.05) is 140 Å². The molecule has 0 spiro atoms. The maximum absolute atomic E-state index is 5.33. The van der Waals surface area contributed by atoms with Crippen LogP contribution in [0.2, 0.25) is 0 Å². The Labute approximate surface area is 288 Å². The highest BCUT2D eigenvalue weighted by atomic mass is 15.2. The van der Waals surface area contributed by atoms with Gasteiger partial charge in [0, 0.05) is 16.3 Å². The molecular weight excluding hydrogens is 607 g/mol. The summed E-state index contributed by atoms with van der Waals surface area (Å²) in [5.74, 6) is 0.951. The van der Waals surface area contributed by atoms with Crippen LogP contribution in [-0.2, 0) is 0 Å². The Morgan fingerprint density at radius 3 is 1.58 bits per heavy atom. The van der Waals surface area contributed by atoms with Crippen molar-refractivity contribution in [2.75, 3.05) is 4.90 Å². The van der Waals surface area contributed by atoms with Gasteiger partial charge in [-0.15, -0.1) is 0 Å². The van der Waals surface area contributed by atoms with Crippen LogP contribution in [0.3, 0.4) is 0 Å². The maximum Gasteiger partial charge on any atom is 0.145 e. The molecule has 1 aliphatic heterocycles. The highest BCUT2D eigenvalue weighted by molar-refractivity contribution is 6.24. The molecule has 0 N–H and O–H groups in total. The first-order valence-electron chi connectivity index (χ1n) is 17.1. The molecule has 3 heteroatoms. The summed E-state index contributed by atoms with van der Waals surface area (Å²) < 4.78 is 2.37. The van der Waals surface area contributed by atoms with E-state index in [1.54, 1.807) is 0 Å². The molecule has 1 aromatic heterocycles. The molecule has 0 bridgehead atoms. The number of rotatable bonds is 3. The van der Waals surface area contributed by atoms with Gasteiger partial charge < -0.3 is 4.90 Å². The molecule has 11 rings (SSSR count). The molecule has 10 aromatic rings. The van der Waals surface area contributed by atoms with E-state index >= 15 is 0 Å². The van der Waals surface area contributed by atoms with Gasteiger partial charge in [0.2, 0.25) is 0 Å². The monoisotopic (exact) mass is 635 g/mol. The van der Waals surface area contributed by atoms with E-state index in [2.05, 4.69) is 185 Å². The fourth-order valence-corrected chi connectivity index (χ4v) is 8.26. The molecule has 2 heterocycles. The van der Waals surface area contributed by atoms with Gasteiger partial charge in [0.1, 0.15) is 5.82 Å². The van der Waals surface area contributed by atoms with Gasteiger partial charge in [0.15, 0.2) is 0 Å². The summed E-state index contributed by atoms with van der Waals surface area (Å²) in [4.78, 5) is 7.81. The summed E-state index contributed by atoms with van der Waals surface area (Å²) in [6.45, 7) is 0. The molecule has 0 saturated heterocycles. The van der Waals surface area contributed by atoms with Crippen LogP contribution in [0.5, 0.6) is 0 Å². The fourth-order valence-electron chi connectivity index (χ4n) is 8.26. The zero-order valence-corrected chi connectivity index (χ0v) is 27.1. The molecule has 50 heavy (non-hydrogen) atoms. The van der Waals surface area contributed by atoms with Gasteiger partial charge >= 0.3 is 0 Å². The number of imidazole rings is 1. The van der Waals surface area contributed by atoms with E-state index < -0.39 is 0 Å². The third-order valence-electron chi connectivity index (χ3n) is 10.4. The lowest BCUT2D eigenvalue weighted by molar-refractivity contribution is 1.07. The van der Waals surface area contributed by atoms with Crippen molar-refractivity contribution in [3.05, 3.63) is 176 Å². The molecule has 0 saturated carbocycles. The van der Waals surface area contributed by atoms with Crippen LogP contribution < -0.4 is 4.90 Å². The Morgan fingerprint density at radius 2 is 0.900 bits per heavy atom. The Hall–Kier alpha value is -6.71. The molecule has 0 fully saturated rings. The number of fused-ring (bicyclic) bond motifs is 6. The van der Waals surface area contributed by atoms with Crippen LogP contribution in [0, 0.1) is 0 Å². The van der Waals surface area contributed by atoms with E-state index in [1.807, 2.05) is 0 Å². The number of nitrogens with zero attached hydrogens (tertiary/aromatic N) is 3. The van der Waals surface area contributed by atoms with Gasteiger partial charge in [0.05, 0.1) is 33.8 Å². The highest BCUT2D eigenvalue weighted by Gasteiger charge is 2.31. The predicted octanol–water partition coefficient (Wildman–Crippen LogP) is 12.8. The van der Waals surface area contributed by atoms with Gasteiger partial charge in [-0.05, 0) is 79.8 Å². The van der Waals surface area contributed by atoms with Crippen LogP contribution in [0.1, 0.15) is 0 Å². The molecule has 0 atom stereocenters. The highest BCUT2D eigenvalue weighted by Crippen LogP contribution is 2.53. The quantitative estimate of drug-likeness (QED) is 0.180. The van der Waals surface area contributed by atoms with Crippen LogP contribution in [0.25, 0.3) is 82.3 Å². The minimum Gasteiger partial charge on any atom is -0.305 e. The zero-order valence-electron chi connectivity index (χ0n) is 27.1. The average Bonchev–Trinajstić information content (AvgIpc) is 3.58. The van der Waals surface area contributed by atoms with Crippen LogP contribution in [-0.4, -0.2) is 9.55 Å². The normalized spacial score (nSPS) is 12.4. The van der Waals surface area contributed by atoms with E-state index in [4.69, 9.17) is 4.98 Å². The van der Waals surface area contributed by atoms with Crippen molar-refractivity contribution >= 4 is 71.2 Å². The number of hydrogen-bond donors (Lipinski definition) is 0. The minimum absolute atomic E-state index is 0.951. The smallest absolute Gasteiger partial charge is 0.145 e. The van der Waals surface area contributed by atoms with E-state index in [1.165, 1.54) is 59.9 Å². The van der Waals surface area contributed by atoms with Gasteiger partial charge in [0.25, 0.3) is 0 Å². The topological polar surface area (TPSA) is 21.1 Å². The summed E-state index contributed by atoms with van der Waals surface area (Å²) >= 11 is 0. The minimum atomic E-state index is 0.951. The number of aromatic nitrogens is 2. The molecule has 9 aromatic carbocycles. The third-order valence-corrected chi connectivity index (χ3v) is 10.4. The summed E-state index contributed by atoms with van der Waals surface area (Å²) in [5, 5.41) is 9.82. The first kappa shape index (κ1) is 27.3. The van der Waals surface area contributed by atoms with Crippen LogP contribution in [0.15, 0.2) is 176 Å². The standard InChI is InChI=1S/C47H29N3/c1-3-14-32-28-34(26-24-30(32)12-1)44-36-16-5-7-18-38(36)45(39-19-8-6-17-37(39)44)49-41-21-9-10-22-42(41)50-46-40(20-11-23-43(46)49)48-47(50)35-27-25-31-13-2-4-15-33(31)29-35/h1-29H. The Morgan fingerprint density at radius 1 is 0.380 bits per heavy atom. The molecule has 0 radical (unpaired) electrons. The predicted molar refractivity (Wildman–Crippen MR) is 210 cm³/mol. The lowest BCUT2D eigenvalue weighted by Crippen LogP contribution is -2.19. The van der Waals surface area contributed by atoms with E-state index in [9.17, 15) is 0 Å². The Bertz CT molecular complexity index is 2950. The summed E-state index contributed by atoms with van der Waals surface area (Å²) in [6.07, 6.45) is 0. The Kier molecular flexibility index (Phi) is 5.67. The van der Waals surface area contributed by atoms with E-state index in [-0.39, 0.29) is 0 Å². The molecule has 1 aliphatic rings. The summed E-state index contributed by atoms with van der Waals surface area (Å²) in [6, 6.07) is 63.8. The van der Waals surface area contributed by atoms with Gasteiger partial charge in [-0.2, -0.15) is 0 Å². The number of para-hydroxylation sites is 3. The molecule has 232 valence electrons. The first-order chi connectivity index (χ1) is 24.8. The third kappa shape index (κ3) is 3.83. The van der Waals surface area contributed by atoms with Gasteiger partial charge in [-0.3, -0.25) is 4.57 Å².